The lowest BCUT2D eigenvalue weighted by molar-refractivity contribution is -0.705. The third-order valence-electron chi connectivity index (χ3n) is 10.1. The molecule has 2 heteroatoms. The van der Waals surface area contributed by atoms with Crippen LogP contribution in [-0.4, -0.2) is 4.98 Å². The summed E-state index contributed by atoms with van der Waals surface area (Å²) < 4.78 is 2.57. The van der Waals surface area contributed by atoms with Crippen molar-refractivity contribution in [3.63, 3.8) is 0 Å². The number of hydrogen-bond donors (Lipinski definition) is 1. The first-order valence-corrected chi connectivity index (χ1v) is 18.8. The van der Waals surface area contributed by atoms with Crippen LogP contribution in [0.25, 0.3) is 0 Å². The summed E-state index contributed by atoms with van der Waals surface area (Å²) in [7, 11) is 0. The highest BCUT2D eigenvalue weighted by Gasteiger charge is 2.41. The Balaban J connectivity index is 1.53. The molecule has 1 aromatic heterocycles. The largest absolute Gasteiger partial charge is 0.258 e. The molecule has 0 aliphatic carbocycles. The molecule has 2 aromatic carbocycles. The van der Waals surface area contributed by atoms with E-state index in [1.807, 2.05) is 0 Å². The highest BCUT2D eigenvalue weighted by Crippen LogP contribution is 2.43. The molecule has 0 bridgehead atoms. The van der Waals surface area contributed by atoms with Gasteiger partial charge in [-0.05, 0) is 36.8 Å². The van der Waals surface area contributed by atoms with Gasteiger partial charge >= 0.3 is 0 Å². The molecule has 2 unspecified atom stereocenters. The van der Waals surface area contributed by atoms with Crippen LogP contribution >= 0.6 is 0 Å². The maximum atomic E-state index is 3.77. The number of aryl methyl sites for hydroxylation is 1. The Morgan fingerprint density at radius 3 is 1.61 bits per heavy atom. The molecule has 44 heavy (non-hydrogen) atoms. The van der Waals surface area contributed by atoms with Crippen molar-refractivity contribution < 1.29 is 4.57 Å². The van der Waals surface area contributed by atoms with Crippen molar-refractivity contribution in [2.45, 2.75) is 173 Å². The molecule has 244 valence electrons. The van der Waals surface area contributed by atoms with Crippen LogP contribution in [0.15, 0.2) is 73.1 Å². The van der Waals surface area contributed by atoms with E-state index in [0.717, 1.165) is 13.0 Å². The van der Waals surface area contributed by atoms with Gasteiger partial charge in [0.2, 0.25) is 0 Å². The van der Waals surface area contributed by atoms with Gasteiger partial charge in [0.15, 0.2) is 0 Å². The summed E-state index contributed by atoms with van der Waals surface area (Å²) in [6.07, 6.45) is 33.2. The van der Waals surface area contributed by atoms with Crippen molar-refractivity contribution in [1.82, 2.24) is 4.98 Å². The molecule has 0 spiro atoms. The van der Waals surface area contributed by atoms with Gasteiger partial charge in [-0.2, -0.15) is 0 Å². The monoisotopic (exact) mass is 600 g/mol. The van der Waals surface area contributed by atoms with E-state index in [9.17, 15) is 0 Å². The minimum atomic E-state index is 0.0104. The average Bonchev–Trinajstić information content (AvgIpc) is 3.51. The predicted octanol–water partition coefficient (Wildman–Crippen LogP) is 12.4. The van der Waals surface area contributed by atoms with Crippen molar-refractivity contribution in [3.05, 3.63) is 90.0 Å². The summed E-state index contributed by atoms with van der Waals surface area (Å²) in [5.41, 5.74) is 2.90. The smallest absolute Gasteiger partial charge is 0.247 e. The average molecular weight is 600 g/mol. The van der Waals surface area contributed by atoms with E-state index < -0.39 is 0 Å². The first-order valence-electron chi connectivity index (χ1n) is 18.8. The van der Waals surface area contributed by atoms with E-state index in [2.05, 4.69) is 103 Å². The lowest BCUT2D eigenvalue weighted by Gasteiger charge is -2.37. The van der Waals surface area contributed by atoms with E-state index in [4.69, 9.17) is 0 Å². The van der Waals surface area contributed by atoms with Crippen LogP contribution in [0.3, 0.4) is 0 Å². The lowest BCUT2D eigenvalue weighted by atomic mass is 9.66. The van der Waals surface area contributed by atoms with E-state index >= 15 is 0 Å². The fourth-order valence-corrected chi connectivity index (χ4v) is 7.32. The topological polar surface area (TPSA) is 19.7 Å². The molecule has 0 aliphatic rings. The second-order valence-electron chi connectivity index (χ2n) is 13.8. The number of unbranched alkanes of at least 4 members (excludes halogenated alkanes) is 17. The molecule has 0 amide bonds. The van der Waals surface area contributed by atoms with E-state index in [1.54, 1.807) is 0 Å². The van der Waals surface area contributed by atoms with Crippen LogP contribution in [0.4, 0.5) is 0 Å². The number of aromatic amines is 1. The number of nitrogens with zero attached hydrogens (tertiary/aromatic N) is 1. The molecule has 3 aromatic rings. The highest BCUT2D eigenvalue weighted by atomic mass is 15.1. The van der Waals surface area contributed by atoms with Crippen molar-refractivity contribution in [1.29, 1.82) is 0 Å². The van der Waals surface area contributed by atoms with Crippen LogP contribution in [0.1, 0.15) is 172 Å². The number of aromatic nitrogens is 2. The van der Waals surface area contributed by atoms with Crippen molar-refractivity contribution in [3.8, 4) is 0 Å². The fourth-order valence-electron chi connectivity index (χ4n) is 7.32. The van der Waals surface area contributed by atoms with Gasteiger partial charge in [0.25, 0.3) is 5.82 Å². The Morgan fingerprint density at radius 1 is 0.591 bits per heavy atom. The zero-order valence-electron chi connectivity index (χ0n) is 29.0. The van der Waals surface area contributed by atoms with E-state index in [1.165, 1.54) is 145 Å². The van der Waals surface area contributed by atoms with Gasteiger partial charge < -0.3 is 0 Å². The molecule has 0 aliphatic heterocycles. The second kappa shape index (κ2) is 22.2. The van der Waals surface area contributed by atoms with Gasteiger partial charge in [0, 0.05) is 5.41 Å². The Kier molecular flexibility index (Phi) is 18.2. The molecular weight excluding hydrogens is 532 g/mol. The Bertz CT molecular complexity index is 1070. The summed E-state index contributed by atoms with van der Waals surface area (Å²) in [5.74, 6) is 1.86. The maximum Gasteiger partial charge on any atom is 0.258 e. The normalized spacial score (nSPS) is 13.6. The number of nitrogens with one attached hydrogen (secondary N) is 1. The molecule has 0 fully saturated rings. The summed E-state index contributed by atoms with van der Waals surface area (Å²) in [6, 6.07) is 22.5. The molecule has 0 saturated heterocycles. The standard InChI is InChI=1S/C42H66N2/c1-4-6-8-10-11-12-13-14-15-16-17-18-19-20-28-35-44-36-34-43-41(44)40(33-27-9-7-5-2)42(3,39-31-25-22-26-32-39)37-38-29-23-21-24-30-38/h21-26,29-32,34,36,40H,4-20,27-28,33,35,37H2,1-3H3/p+1. The van der Waals surface area contributed by atoms with Gasteiger partial charge in [0.05, 0.1) is 12.5 Å². The van der Waals surface area contributed by atoms with Gasteiger partial charge in [-0.15, -0.1) is 0 Å². The van der Waals surface area contributed by atoms with E-state index in [-0.39, 0.29) is 5.41 Å². The second-order valence-corrected chi connectivity index (χ2v) is 13.8. The minimum absolute atomic E-state index is 0.0104. The molecular formula is C42H67N2+. The van der Waals surface area contributed by atoms with Crippen LogP contribution in [0.5, 0.6) is 0 Å². The van der Waals surface area contributed by atoms with Crippen LogP contribution < -0.4 is 4.57 Å². The third-order valence-corrected chi connectivity index (χ3v) is 10.1. The Morgan fingerprint density at radius 2 is 1.07 bits per heavy atom. The predicted molar refractivity (Wildman–Crippen MR) is 191 cm³/mol. The van der Waals surface area contributed by atoms with Crippen LogP contribution in [-0.2, 0) is 18.4 Å². The summed E-state index contributed by atoms with van der Waals surface area (Å²) >= 11 is 0. The number of hydrogen-bond acceptors (Lipinski definition) is 0. The zero-order chi connectivity index (χ0) is 31.1. The summed E-state index contributed by atoms with van der Waals surface area (Å²) in [5, 5.41) is 0. The summed E-state index contributed by atoms with van der Waals surface area (Å²) in [6.45, 7) is 8.27. The van der Waals surface area contributed by atoms with Crippen LogP contribution in [0.2, 0.25) is 0 Å². The number of benzene rings is 2. The Hall–Kier alpha value is -2.35. The van der Waals surface area contributed by atoms with Crippen LogP contribution in [0, 0.1) is 0 Å². The molecule has 2 atom stereocenters. The van der Waals surface area contributed by atoms with Crippen molar-refractivity contribution in [2.24, 2.45) is 0 Å². The molecule has 3 rings (SSSR count). The fraction of sp³-hybridized carbons (Fsp3) is 0.643. The van der Waals surface area contributed by atoms with Gasteiger partial charge in [-0.3, -0.25) is 0 Å². The van der Waals surface area contributed by atoms with E-state index in [0.29, 0.717) is 5.92 Å². The molecule has 1 heterocycles. The molecule has 2 nitrogen and oxygen atoms in total. The van der Waals surface area contributed by atoms with Gasteiger partial charge in [-0.25, -0.2) is 9.55 Å². The van der Waals surface area contributed by atoms with Crippen molar-refractivity contribution in [2.75, 3.05) is 0 Å². The molecule has 0 saturated carbocycles. The zero-order valence-corrected chi connectivity index (χ0v) is 29.0. The summed E-state index contributed by atoms with van der Waals surface area (Å²) in [4.78, 5) is 3.77. The molecule has 0 radical (unpaired) electrons. The first-order chi connectivity index (χ1) is 21.7. The highest BCUT2D eigenvalue weighted by molar-refractivity contribution is 5.32. The van der Waals surface area contributed by atoms with Gasteiger partial charge in [-0.1, -0.05) is 191 Å². The quantitative estimate of drug-likeness (QED) is 0.0699. The number of rotatable bonds is 26. The van der Waals surface area contributed by atoms with Gasteiger partial charge in [0.1, 0.15) is 12.4 Å². The Labute approximate surface area is 272 Å². The first kappa shape index (κ1) is 36.1. The SMILES string of the molecule is CCCCCCCCCCCCCCCCC[n+]1cc[nH]c1C(CCCCCC)C(C)(Cc1ccccc1)c1ccccc1. The minimum Gasteiger partial charge on any atom is -0.247 e. The van der Waals surface area contributed by atoms with Crippen molar-refractivity contribution >= 4 is 0 Å². The lowest BCUT2D eigenvalue weighted by Crippen LogP contribution is -2.43. The number of imidazole rings is 1. The number of H-pyrrole nitrogens is 1. The molecule has 1 N–H and O–H groups in total. The third kappa shape index (κ3) is 12.9. The maximum absolute atomic E-state index is 3.77.